The molecule has 44 heavy (non-hydrogen) atoms. The van der Waals surface area contributed by atoms with E-state index < -0.39 is 26.2 Å². The van der Waals surface area contributed by atoms with Crippen LogP contribution in [0.25, 0.3) is 0 Å². The molecule has 4 nitrogen and oxygen atoms in total. The van der Waals surface area contributed by atoms with E-state index in [4.69, 9.17) is 8.17 Å². The van der Waals surface area contributed by atoms with Gasteiger partial charge in [0, 0.05) is 3.57 Å². The van der Waals surface area contributed by atoms with Crippen LogP contribution in [0.2, 0.25) is 0 Å². The number of hydrogen-bond acceptors (Lipinski definition) is 3. The summed E-state index contributed by atoms with van der Waals surface area (Å²) < 4.78 is 8.86. The van der Waals surface area contributed by atoms with Gasteiger partial charge in [-0.15, -0.1) is 0 Å². The molecule has 2 aliphatic carbocycles. The predicted molar refractivity (Wildman–Crippen MR) is 194 cm³/mol. The Kier molecular flexibility index (Phi) is 12.3. The van der Waals surface area contributed by atoms with E-state index in [1.807, 2.05) is 46.9 Å². The van der Waals surface area contributed by atoms with Crippen LogP contribution in [0.1, 0.15) is 108 Å². The zero-order chi connectivity index (χ0) is 30.7. The first kappa shape index (κ1) is 32.7. The smallest absolute Gasteiger partial charge is 0.0162 e. The van der Waals surface area contributed by atoms with Crippen molar-refractivity contribution < 1.29 is 17.8 Å². The summed E-state index contributed by atoms with van der Waals surface area (Å²) in [5.74, 6) is 0.576. The summed E-state index contributed by atoms with van der Waals surface area (Å²) in [6, 6.07) is 34.6. The fourth-order valence-electron chi connectivity index (χ4n) is 6.17. The van der Waals surface area contributed by atoms with Crippen LogP contribution < -0.4 is 0 Å². The molecule has 2 fully saturated rings. The molecule has 0 saturated heterocycles. The van der Waals surface area contributed by atoms with E-state index >= 15 is 0 Å². The van der Waals surface area contributed by atoms with E-state index in [1.165, 1.54) is 73.3 Å². The molecule has 0 aromatic heterocycles. The van der Waals surface area contributed by atoms with Crippen LogP contribution >= 0.6 is 42.8 Å². The SMILES string of the molecule is O=C(O)c1ccccc1I.O=C1OI(c2ccc(C3CCCCC3)cc2)c2ccccc21.c1ccc(C2CCCCC2)cc1. The number of benzene rings is 4. The van der Waals surface area contributed by atoms with Crippen molar-refractivity contribution in [1.82, 2.24) is 0 Å². The van der Waals surface area contributed by atoms with E-state index in [2.05, 4.69) is 60.7 Å². The number of rotatable bonds is 4. The van der Waals surface area contributed by atoms with Crippen molar-refractivity contribution in [1.29, 1.82) is 0 Å². The van der Waals surface area contributed by atoms with Gasteiger partial charge in [-0.3, -0.25) is 0 Å². The number of hydrogen-bond donors (Lipinski definition) is 1. The normalized spacial score (nSPS) is 17.3. The molecular weight excluding hydrogens is 774 g/mol. The van der Waals surface area contributed by atoms with Crippen molar-refractivity contribution in [2.75, 3.05) is 0 Å². The Labute approximate surface area is 282 Å². The molecule has 0 unspecified atom stereocenters. The van der Waals surface area contributed by atoms with Gasteiger partial charge < -0.3 is 5.11 Å². The van der Waals surface area contributed by atoms with Crippen molar-refractivity contribution in [2.24, 2.45) is 0 Å². The summed E-state index contributed by atoms with van der Waals surface area (Å²) in [6.07, 6.45) is 13.9. The molecule has 4 aromatic rings. The zero-order valence-corrected chi connectivity index (χ0v) is 29.3. The molecule has 0 amide bonds. The van der Waals surface area contributed by atoms with Crippen LogP contribution in [-0.2, 0) is 3.07 Å². The van der Waals surface area contributed by atoms with Gasteiger partial charge in [-0.25, -0.2) is 4.79 Å². The monoisotopic (exact) mass is 814 g/mol. The minimum absolute atomic E-state index is 0.142. The maximum absolute atomic E-state index is 12.0. The minimum Gasteiger partial charge on any atom is -0.0622 e. The second-order valence-electron chi connectivity index (χ2n) is 11.5. The maximum atomic E-state index is 12.0. The largest absolute Gasteiger partial charge is 0.0622 e. The first-order valence-corrected chi connectivity index (χ1v) is 19.8. The second kappa shape index (κ2) is 16.5. The van der Waals surface area contributed by atoms with Crippen molar-refractivity contribution in [3.63, 3.8) is 0 Å². The Morgan fingerprint density at radius 3 is 1.75 bits per heavy atom. The number of carbonyl (C=O) groups is 2. The molecule has 7 rings (SSSR count). The Hall–Kier alpha value is -2.72. The fourth-order valence-corrected chi connectivity index (χ4v) is 11.1. The third-order valence-corrected chi connectivity index (χ3v) is 14.2. The van der Waals surface area contributed by atoms with Crippen LogP contribution in [-0.4, -0.2) is 17.0 Å². The van der Waals surface area contributed by atoms with E-state index in [-0.39, 0.29) is 5.97 Å². The van der Waals surface area contributed by atoms with E-state index in [9.17, 15) is 9.59 Å². The van der Waals surface area contributed by atoms with E-state index in [1.54, 1.807) is 23.8 Å². The maximum Gasteiger partial charge on any atom is -0.0162 e. The summed E-state index contributed by atoms with van der Waals surface area (Å²) in [7, 11) is 0. The number of carboxylic acid groups (broad SMARTS) is 1. The summed E-state index contributed by atoms with van der Waals surface area (Å²) in [5.41, 5.74) is 4.14. The molecule has 0 spiro atoms. The van der Waals surface area contributed by atoms with Gasteiger partial charge in [0.1, 0.15) is 0 Å². The zero-order valence-electron chi connectivity index (χ0n) is 25.0. The van der Waals surface area contributed by atoms with Crippen molar-refractivity contribution in [2.45, 2.75) is 76.0 Å². The topological polar surface area (TPSA) is 63.6 Å². The molecule has 1 N–H and O–H groups in total. The van der Waals surface area contributed by atoms with Gasteiger partial charge in [0.05, 0.1) is 5.56 Å². The number of carbonyl (C=O) groups excluding carboxylic acids is 1. The first-order valence-electron chi connectivity index (χ1n) is 15.7. The third-order valence-electron chi connectivity index (χ3n) is 8.55. The average Bonchev–Trinajstić information content (AvgIpc) is 3.43. The summed E-state index contributed by atoms with van der Waals surface area (Å²) in [6.45, 7) is 0. The van der Waals surface area contributed by atoms with Crippen molar-refractivity contribution in [3.8, 4) is 0 Å². The first-order chi connectivity index (χ1) is 21.5. The standard InChI is InChI=1S/C19H19IO2.C12H16.C7H5IO2/c21-19-17-8-4-5-9-18(17)20(22-19)16-12-10-15(11-13-16)14-6-2-1-3-7-14;1-3-7-11(8-4-1)12-9-5-2-6-10-12;8-6-4-2-1-3-5(6)7(9)10/h4-5,8-14H,1-3,6-7H2;1,3-4,7-8,12H,2,5-6,9-10H2;1-4H,(H,9,10). The minimum atomic E-state index is -2.01. The van der Waals surface area contributed by atoms with Gasteiger partial charge >= 0.3 is 145 Å². The molecule has 1 heterocycles. The van der Waals surface area contributed by atoms with Crippen molar-refractivity contribution >= 4 is 54.8 Å². The van der Waals surface area contributed by atoms with E-state index in [0.29, 0.717) is 5.56 Å². The van der Waals surface area contributed by atoms with Gasteiger partial charge in [-0.1, -0.05) is 61.7 Å². The number of fused-ring (bicyclic) bond motifs is 1. The van der Waals surface area contributed by atoms with Gasteiger partial charge in [-0.05, 0) is 59.0 Å². The van der Waals surface area contributed by atoms with E-state index in [0.717, 1.165) is 24.5 Å². The van der Waals surface area contributed by atoms with Crippen LogP contribution in [0.5, 0.6) is 0 Å². The van der Waals surface area contributed by atoms with Crippen LogP contribution in [0.15, 0.2) is 103 Å². The third kappa shape index (κ3) is 8.71. The number of aromatic carboxylic acids is 1. The number of carboxylic acids is 1. The molecule has 0 atom stereocenters. The molecule has 1 aliphatic heterocycles. The fraction of sp³-hybridized carbons (Fsp3) is 0.316. The molecular formula is C38H40I2O4. The second-order valence-corrected chi connectivity index (χ2v) is 16.9. The molecule has 6 heteroatoms. The Morgan fingerprint density at radius 1 is 0.659 bits per heavy atom. The quantitative estimate of drug-likeness (QED) is 0.209. The Balaban J connectivity index is 0.000000147. The molecule has 2 saturated carbocycles. The molecule has 0 bridgehead atoms. The van der Waals surface area contributed by atoms with Gasteiger partial charge in [-0.2, -0.15) is 0 Å². The molecule has 0 radical (unpaired) electrons. The summed E-state index contributed by atoms with van der Waals surface area (Å²) in [5, 5.41) is 8.56. The Bertz CT molecular complexity index is 1510. The summed E-state index contributed by atoms with van der Waals surface area (Å²) >= 11 is -0.0125. The van der Waals surface area contributed by atoms with Gasteiger partial charge in [0.25, 0.3) is 0 Å². The number of halogens is 2. The Morgan fingerprint density at radius 2 is 1.18 bits per heavy atom. The molecule has 4 aromatic carbocycles. The average molecular weight is 815 g/mol. The van der Waals surface area contributed by atoms with Crippen LogP contribution in [0.3, 0.4) is 0 Å². The molecule has 3 aliphatic rings. The van der Waals surface area contributed by atoms with Crippen LogP contribution in [0.4, 0.5) is 0 Å². The summed E-state index contributed by atoms with van der Waals surface area (Å²) in [4.78, 5) is 22.4. The van der Waals surface area contributed by atoms with Gasteiger partial charge in [0.2, 0.25) is 0 Å². The van der Waals surface area contributed by atoms with Gasteiger partial charge in [0.15, 0.2) is 0 Å². The van der Waals surface area contributed by atoms with Crippen LogP contribution in [0, 0.1) is 10.7 Å². The molecule has 230 valence electrons. The van der Waals surface area contributed by atoms with Crippen molar-refractivity contribution in [3.05, 3.63) is 136 Å². The predicted octanol–water partition coefficient (Wildman–Crippen LogP) is 11.1.